The number of hydrogen-bond acceptors (Lipinski definition) is 4. The fourth-order valence-electron chi connectivity index (χ4n) is 2.39. The summed E-state index contributed by atoms with van der Waals surface area (Å²) in [6.45, 7) is 6.36. The smallest absolute Gasteiger partial charge is 0.238 e. The van der Waals surface area contributed by atoms with Gasteiger partial charge in [0, 0.05) is 24.8 Å². The Morgan fingerprint density at radius 2 is 2.20 bits per heavy atom. The number of nitrogens with zero attached hydrogens (tertiary/aromatic N) is 1. The van der Waals surface area contributed by atoms with Crippen LogP contribution in [0.5, 0.6) is 0 Å². The fourth-order valence-corrected chi connectivity index (χ4v) is 2.39. The molecule has 0 bridgehead atoms. The second-order valence-electron chi connectivity index (χ2n) is 5.33. The molecule has 1 aliphatic heterocycles. The maximum Gasteiger partial charge on any atom is 0.238 e. The standard InChI is InChI=1S/C15H23N3O2/c1-11-10-20-12(2)8-18(11)9-15(19)17-14-6-4-3-5-13(14)7-16/h3-6,11-12H,7-10,16H2,1-2H3,(H,17,19). The highest BCUT2D eigenvalue weighted by Crippen LogP contribution is 2.15. The zero-order valence-electron chi connectivity index (χ0n) is 12.1. The lowest BCUT2D eigenvalue weighted by Crippen LogP contribution is -2.50. The fraction of sp³-hybridized carbons (Fsp3) is 0.533. The van der Waals surface area contributed by atoms with Crippen LogP contribution in [0.1, 0.15) is 19.4 Å². The zero-order chi connectivity index (χ0) is 14.5. The van der Waals surface area contributed by atoms with Crippen molar-refractivity contribution in [3.8, 4) is 0 Å². The number of morpholine rings is 1. The van der Waals surface area contributed by atoms with Gasteiger partial charge in [0.15, 0.2) is 0 Å². The van der Waals surface area contributed by atoms with Gasteiger partial charge in [0.05, 0.1) is 19.3 Å². The molecule has 0 aliphatic carbocycles. The average molecular weight is 277 g/mol. The summed E-state index contributed by atoms with van der Waals surface area (Å²) in [6.07, 6.45) is 0.176. The number of benzene rings is 1. The molecular weight excluding hydrogens is 254 g/mol. The highest BCUT2D eigenvalue weighted by atomic mass is 16.5. The van der Waals surface area contributed by atoms with E-state index in [0.717, 1.165) is 17.8 Å². The number of carbonyl (C=O) groups excluding carboxylic acids is 1. The Labute approximate surface area is 120 Å². The van der Waals surface area contributed by atoms with Crippen LogP contribution < -0.4 is 11.1 Å². The molecule has 5 heteroatoms. The lowest BCUT2D eigenvalue weighted by molar-refractivity contribution is -0.121. The molecule has 1 heterocycles. The van der Waals surface area contributed by atoms with Gasteiger partial charge in [0.25, 0.3) is 0 Å². The van der Waals surface area contributed by atoms with Crippen molar-refractivity contribution in [2.45, 2.75) is 32.5 Å². The van der Waals surface area contributed by atoms with Crippen molar-refractivity contribution in [3.63, 3.8) is 0 Å². The second-order valence-corrected chi connectivity index (χ2v) is 5.33. The van der Waals surface area contributed by atoms with E-state index >= 15 is 0 Å². The third-order valence-electron chi connectivity index (χ3n) is 3.59. The number of amides is 1. The number of rotatable bonds is 4. The predicted octanol–water partition coefficient (Wildman–Crippen LogP) is 1.19. The van der Waals surface area contributed by atoms with Gasteiger partial charge in [-0.15, -0.1) is 0 Å². The van der Waals surface area contributed by atoms with Gasteiger partial charge in [-0.25, -0.2) is 0 Å². The van der Waals surface area contributed by atoms with Gasteiger partial charge in [-0.2, -0.15) is 0 Å². The molecule has 1 aromatic rings. The van der Waals surface area contributed by atoms with E-state index in [1.807, 2.05) is 31.2 Å². The van der Waals surface area contributed by atoms with Crippen molar-refractivity contribution in [1.82, 2.24) is 4.90 Å². The molecule has 1 aliphatic rings. The van der Waals surface area contributed by atoms with Gasteiger partial charge < -0.3 is 15.8 Å². The molecule has 0 aromatic heterocycles. The maximum absolute atomic E-state index is 12.2. The number of hydrogen-bond donors (Lipinski definition) is 2. The molecule has 1 aromatic carbocycles. The second kappa shape index (κ2) is 6.83. The summed E-state index contributed by atoms with van der Waals surface area (Å²) in [7, 11) is 0. The van der Waals surface area contributed by atoms with Crippen LogP contribution in [0.3, 0.4) is 0 Å². The summed E-state index contributed by atoms with van der Waals surface area (Å²) in [6, 6.07) is 7.89. The molecule has 2 unspecified atom stereocenters. The minimum absolute atomic E-state index is 0.00755. The molecule has 110 valence electrons. The summed E-state index contributed by atoms with van der Waals surface area (Å²) in [5, 5.41) is 2.94. The maximum atomic E-state index is 12.2. The molecule has 1 amide bonds. The van der Waals surface area contributed by atoms with E-state index in [2.05, 4.69) is 17.1 Å². The van der Waals surface area contributed by atoms with Crippen LogP contribution in [-0.2, 0) is 16.1 Å². The van der Waals surface area contributed by atoms with Crippen molar-refractivity contribution in [2.24, 2.45) is 5.73 Å². The summed E-state index contributed by atoms with van der Waals surface area (Å²) < 4.78 is 5.57. The lowest BCUT2D eigenvalue weighted by atomic mass is 10.1. The van der Waals surface area contributed by atoms with Crippen molar-refractivity contribution in [1.29, 1.82) is 0 Å². The van der Waals surface area contributed by atoms with Crippen LogP contribution >= 0.6 is 0 Å². The number of nitrogens with one attached hydrogen (secondary N) is 1. The summed E-state index contributed by atoms with van der Waals surface area (Å²) in [5.74, 6) is -0.00755. The Kier molecular flexibility index (Phi) is 5.11. The van der Waals surface area contributed by atoms with E-state index in [1.54, 1.807) is 0 Å². The van der Waals surface area contributed by atoms with Gasteiger partial charge in [-0.3, -0.25) is 9.69 Å². The number of carbonyl (C=O) groups is 1. The molecule has 1 fully saturated rings. The first kappa shape index (κ1) is 15.0. The Morgan fingerprint density at radius 1 is 1.45 bits per heavy atom. The van der Waals surface area contributed by atoms with Crippen molar-refractivity contribution >= 4 is 11.6 Å². The van der Waals surface area contributed by atoms with Crippen LogP contribution in [-0.4, -0.2) is 42.6 Å². The van der Waals surface area contributed by atoms with Crippen LogP contribution in [0.4, 0.5) is 5.69 Å². The van der Waals surface area contributed by atoms with Crippen LogP contribution in [0.15, 0.2) is 24.3 Å². The first-order valence-electron chi connectivity index (χ1n) is 7.03. The summed E-state index contributed by atoms with van der Waals surface area (Å²) in [4.78, 5) is 14.3. The van der Waals surface area contributed by atoms with Gasteiger partial charge in [-0.1, -0.05) is 18.2 Å². The van der Waals surface area contributed by atoms with Crippen molar-refractivity contribution in [3.05, 3.63) is 29.8 Å². The number of ether oxygens (including phenoxy) is 1. The van der Waals surface area contributed by atoms with E-state index in [9.17, 15) is 4.79 Å². The largest absolute Gasteiger partial charge is 0.376 e. The van der Waals surface area contributed by atoms with Crippen molar-refractivity contribution < 1.29 is 9.53 Å². The molecular formula is C15H23N3O2. The minimum Gasteiger partial charge on any atom is -0.376 e. The van der Waals surface area contributed by atoms with E-state index in [1.165, 1.54) is 0 Å². The first-order chi connectivity index (χ1) is 9.60. The SMILES string of the molecule is CC1CN(CC(=O)Nc2ccccc2CN)C(C)CO1. The molecule has 2 rings (SSSR count). The first-order valence-corrected chi connectivity index (χ1v) is 7.03. The Bertz CT molecular complexity index is 464. The van der Waals surface area contributed by atoms with E-state index in [-0.39, 0.29) is 18.1 Å². The molecule has 1 saturated heterocycles. The highest BCUT2D eigenvalue weighted by Gasteiger charge is 2.25. The quantitative estimate of drug-likeness (QED) is 0.867. The Morgan fingerprint density at radius 3 is 2.95 bits per heavy atom. The highest BCUT2D eigenvalue weighted by molar-refractivity contribution is 5.93. The number of nitrogens with two attached hydrogens (primary N) is 1. The molecule has 5 nitrogen and oxygen atoms in total. The Balaban J connectivity index is 1.95. The third kappa shape index (κ3) is 3.79. The lowest BCUT2D eigenvalue weighted by Gasteiger charge is -2.36. The van der Waals surface area contributed by atoms with Crippen LogP contribution in [0, 0.1) is 0 Å². The van der Waals surface area contributed by atoms with Crippen LogP contribution in [0.2, 0.25) is 0 Å². The van der Waals surface area contributed by atoms with Gasteiger partial charge in [-0.05, 0) is 25.5 Å². The molecule has 0 radical (unpaired) electrons. The predicted molar refractivity (Wildman–Crippen MR) is 79.4 cm³/mol. The van der Waals surface area contributed by atoms with E-state index < -0.39 is 0 Å². The van der Waals surface area contributed by atoms with Crippen molar-refractivity contribution in [2.75, 3.05) is 25.0 Å². The zero-order valence-corrected chi connectivity index (χ0v) is 12.1. The monoisotopic (exact) mass is 277 g/mol. The van der Waals surface area contributed by atoms with E-state index in [0.29, 0.717) is 19.7 Å². The van der Waals surface area contributed by atoms with E-state index in [4.69, 9.17) is 10.5 Å². The molecule has 0 saturated carbocycles. The average Bonchev–Trinajstić information content (AvgIpc) is 2.43. The van der Waals surface area contributed by atoms with Gasteiger partial charge >= 0.3 is 0 Å². The third-order valence-corrected chi connectivity index (χ3v) is 3.59. The minimum atomic E-state index is -0.00755. The number of para-hydroxylation sites is 1. The Hall–Kier alpha value is -1.43. The van der Waals surface area contributed by atoms with Gasteiger partial charge in [0.1, 0.15) is 0 Å². The molecule has 0 spiro atoms. The topological polar surface area (TPSA) is 67.6 Å². The molecule has 2 atom stereocenters. The molecule has 20 heavy (non-hydrogen) atoms. The summed E-state index contributed by atoms with van der Waals surface area (Å²) in [5.41, 5.74) is 7.42. The van der Waals surface area contributed by atoms with Crippen LogP contribution in [0.25, 0.3) is 0 Å². The summed E-state index contributed by atoms with van der Waals surface area (Å²) >= 11 is 0. The normalized spacial score (nSPS) is 23.6. The number of anilines is 1. The van der Waals surface area contributed by atoms with Gasteiger partial charge in [0.2, 0.25) is 5.91 Å². The molecule has 3 N–H and O–H groups in total.